The monoisotopic (exact) mass is 294 g/mol. The molecule has 0 spiro atoms. The number of aromatic carboxylic acids is 1. The van der Waals surface area contributed by atoms with Gasteiger partial charge in [0.15, 0.2) is 0 Å². The number of hydrogen-bond acceptors (Lipinski definition) is 2. The lowest BCUT2D eigenvalue weighted by atomic mass is 9.73. The van der Waals surface area contributed by atoms with Crippen LogP contribution in [0.15, 0.2) is 36.4 Å². The Morgan fingerprint density at radius 2 is 1.68 bits per heavy atom. The summed E-state index contributed by atoms with van der Waals surface area (Å²) in [6.07, 6.45) is 0. The van der Waals surface area contributed by atoms with Crippen LogP contribution in [-0.2, 0) is 11.3 Å². The van der Waals surface area contributed by atoms with E-state index < -0.39 is 11.9 Å². The van der Waals surface area contributed by atoms with E-state index in [4.69, 9.17) is 10.2 Å². The van der Waals surface area contributed by atoms with E-state index in [1.807, 2.05) is 32.3 Å². The van der Waals surface area contributed by atoms with Crippen LogP contribution in [0.3, 0.4) is 0 Å². The highest BCUT2D eigenvalue weighted by atomic mass is 16.4. The van der Waals surface area contributed by atoms with E-state index in [-0.39, 0.29) is 12.1 Å². The second-order valence-corrected chi connectivity index (χ2v) is 5.08. The van der Waals surface area contributed by atoms with Crippen molar-refractivity contribution in [2.75, 3.05) is 0 Å². The molecule has 6 heteroatoms. The third-order valence-electron chi connectivity index (χ3n) is 3.76. The van der Waals surface area contributed by atoms with Gasteiger partial charge < -0.3 is 14.8 Å². The van der Waals surface area contributed by atoms with Crippen LogP contribution in [0.1, 0.15) is 10.4 Å². The molecule has 3 rings (SSSR count). The molecule has 22 heavy (non-hydrogen) atoms. The number of nitrogens with zero attached hydrogens (tertiary/aromatic N) is 1. The van der Waals surface area contributed by atoms with Crippen molar-refractivity contribution in [2.24, 2.45) is 0 Å². The summed E-state index contributed by atoms with van der Waals surface area (Å²) < 4.78 is 1.69. The van der Waals surface area contributed by atoms with Crippen molar-refractivity contribution in [3.05, 3.63) is 42.0 Å². The van der Waals surface area contributed by atoms with E-state index in [9.17, 15) is 9.59 Å². The van der Waals surface area contributed by atoms with Gasteiger partial charge in [0.1, 0.15) is 13.8 Å². The number of benzene rings is 2. The molecule has 3 aromatic rings. The molecule has 1 heterocycles. The Balaban J connectivity index is 2.40. The molecule has 0 fully saturated rings. The number of fused-ring (bicyclic) bond motifs is 3. The van der Waals surface area contributed by atoms with E-state index in [0.717, 1.165) is 27.3 Å². The Morgan fingerprint density at radius 1 is 1.05 bits per heavy atom. The molecule has 0 aliphatic heterocycles. The van der Waals surface area contributed by atoms with Gasteiger partial charge in [0, 0.05) is 21.8 Å². The molecule has 2 aromatic carbocycles. The normalized spacial score (nSPS) is 11.0. The average molecular weight is 294 g/mol. The molecule has 0 unspecified atom stereocenters. The average Bonchev–Trinajstić information content (AvgIpc) is 2.79. The van der Waals surface area contributed by atoms with Gasteiger partial charge in [-0.3, -0.25) is 4.79 Å². The maximum Gasteiger partial charge on any atom is 0.335 e. The quantitative estimate of drug-likeness (QED) is 0.721. The van der Waals surface area contributed by atoms with Gasteiger partial charge >= 0.3 is 11.9 Å². The molecule has 0 amide bonds. The number of aliphatic carboxylic acids is 1. The molecule has 1 aromatic heterocycles. The van der Waals surface area contributed by atoms with Crippen LogP contribution in [0.5, 0.6) is 0 Å². The van der Waals surface area contributed by atoms with Gasteiger partial charge in [-0.25, -0.2) is 4.79 Å². The molecule has 5 nitrogen and oxygen atoms in total. The van der Waals surface area contributed by atoms with Crippen molar-refractivity contribution in [3.8, 4) is 0 Å². The van der Waals surface area contributed by atoms with Crippen molar-refractivity contribution in [3.63, 3.8) is 0 Å². The topological polar surface area (TPSA) is 79.5 Å². The highest BCUT2D eigenvalue weighted by molar-refractivity contribution is 6.52. The first-order chi connectivity index (χ1) is 10.5. The minimum atomic E-state index is -1.00. The SMILES string of the molecule is C[B]c1ccc2c(c1)c1cc(C(=O)O)ccc1n2CC(=O)O. The van der Waals surface area contributed by atoms with Gasteiger partial charge in [-0.05, 0) is 24.3 Å². The number of carboxylic acids is 2. The molecule has 0 saturated heterocycles. The van der Waals surface area contributed by atoms with Gasteiger partial charge in [-0.1, -0.05) is 24.4 Å². The lowest BCUT2D eigenvalue weighted by molar-refractivity contribution is -0.137. The minimum absolute atomic E-state index is 0.165. The number of aromatic nitrogens is 1. The lowest BCUT2D eigenvalue weighted by Gasteiger charge is -2.04. The van der Waals surface area contributed by atoms with Crippen LogP contribution in [0.2, 0.25) is 6.82 Å². The molecule has 0 atom stereocenters. The van der Waals surface area contributed by atoms with E-state index in [1.54, 1.807) is 16.7 Å². The third-order valence-corrected chi connectivity index (χ3v) is 3.76. The Labute approximate surface area is 127 Å². The molecule has 0 saturated carbocycles. The predicted octanol–water partition coefficient (Wildman–Crippen LogP) is 1.95. The second-order valence-electron chi connectivity index (χ2n) is 5.08. The van der Waals surface area contributed by atoms with E-state index in [2.05, 4.69) is 0 Å². The zero-order valence-electron chi connectivity index (χ0n) is 11.9. The van der Waals surface area contributed by atoms with Gasteiger partial charge in [-0.2, -0.15) is 0 Å². The van der Waals surface area contributed by atoms with Crippen LogP contribution >= 0.6 is 0 Å². The minimum Gasteiger partial charge on any atom is -0.480 e. The smallest absolute Gasteiger partial charge is 0.335 e. The number of carboxylic acid groups (broad SMARTS) is 2. The lowest BCUT2D eigenvalue weighted by Crippen LogP contribution is -2.11. The van der Waals surface area contributed by atoms with Gasteiger partial charge in [-0.15, -0.1) is 0 Å². The third kappa shape index (κ3) is 2.22. The highest BCUT2D eigenvalue weighted by Crippen LogP contribution is 2.29. The number of rotatable bonds is 4. The zero-order chi connectivity index (χ0) is 15.9. The fourth-order valence-corrected chi connectivity index (χ4v) is 2.74. The van der Waals surface area contributed by atoms with Crippen LogP contribution in [-0.4, -0.2) is 34.0 Å². The van der Waals surface area contributed by atoms with Crippen molar-refractivity contribution >= 4 is 46.5 Å². The van der Waals surface area contributed by atoms with Crippen molar-refractivity contribution in [2.45, 2.75) is 13.4 Å². The maximum atomic E-state index is 11.2. The van der Waals surface area contributed by atoms with Crippen LogP contribution in [0.25, 0.3) is 21.8 Å². The summed E-state index contributed by atoms with van der Waals surface area (Å²) in [7, 11) is 1.95. The van der Waals surface area contributed by atoms with Crippen LogP contribution in [0, 0.1) is 0 Å². The molecular weight excluding hydrogens is 281 g/mol. The Morgan fingerprint density at radius 3 is 2.27 bits per heavy atom. The fraction of sp³-hybridized carbons (Fsp3) is 0.125. The number of carbonyl (C=O) groups is 2. The molecular formula is C16H13BNO4. The predicted molar refractivity (Wildman–Crippen MR) is 85.3 cm³/mol. The summed E-state index contributed by atoms with van der Waals surface area (Å²) in [5.41, 5.74) is 2.69. The summed E-state index contributed by atoms with van der Waals surface area (Å²) in [6.45, 7) is 1.75. The summed E-state index contributed by atoms with van der Waals surface area (Å²) in [4.78, 5) is 22.3. The fourth-order valence-electron chi connectivity index (χ4n) is 2.74. The van der Waals surface area contributed by atoms with E-state index >= 15 is 0 Å². The Bertz CT molecular complexity index is 913. The van der Waals surface area contributed by atoms with Gasteiger partial charge in [0.05, 0.1) is 5.56 Å². The molecule has 0 aliphatic rings. The van der Waals surface area contributed by atoms with Crippen LogP contribution in [0.4, 0.5) is 0 Å². The molecule has 0 bridgehead atoms. The van der Waals surface area contributed by atoms with Gasteiger partial charge in [0.25, 0.3) is 0 Å². The van der Waals surface area contributed by atoms with E-state index in [1.165, 1.54) is 6.07 Å². The van der Waals surface area contributed by atoms with E-state index in [0.29, 0.717) is 0 Å². The molecule has 1 radical (unpaired) electrons. The van der Waals surface area contributed by atoms with Crippen molar-refractivity contribution in [1.82, 2.24) is 4.57 Å². The standard InChI is InChI=1S/C16H13BNO4/c1-17-10-3-5-14-12(7-10)11-6-9(16(21)22)2-4-13(11)18(14)8-15(19)20/h2-7H,8H2,1H3,(H,19,20)(H,21,22). The summed E-state index contributed by atoms with van der Waals surface area (Å²) in [5, 5.41) is 19.9. The molecule has 109 valence electrons. The maximum absolute atomic E-state index is 11.2. The first kappa shape index (κ1) is 14.2. The molecule has 2 N–H and O–H groups in total. The zero-order valence-corrected chi connectivity index (χ0v) is 11.9. The summed E-state index contributed by atoms with van der Waals surface area (Å²) in [6, 6.07) is 10.5. The largest absolute Gasteiger partial charge is 0.480 e. The number of hydrogen-bond donors (Lipinski definition) is 2. The Hall–Kier alpha value is -2.76. The second kappa shape index (κ2) is 5.22. The van der Waals surface area contributed by atoms with Crippen LogP contribution < -0.4 is 5.46 Å². The highest BCUT2D eigenvalue weighted by Gasteiger charge is 2.15. The molecule has 0 aliphatic carbocycles. The first-order valence-corrected chi connectivity index (χ1v) is 6.81. The van der Waals surface area contributed by atoms with Crippen molar-refractivity contribution in [1.29, 1.82) is 0 Å². The Kier molecular flexibility index (Phi) is 3.37. The summed E-state index contributed by atoms with van der Waals surface area (Å²) in [5.74, 6) is -1.94. The van der Waals surface area contributed by atoms with Crippen molar-refractivity contribution < 1.29 is 19.8 Å². The first-order valence-electron chi connectivity index (χ1n) is 6.81. The van der Waals surface area contributed by atoms with Gasteiger partial charge in [0.2, 0.25) is 0 Å². The summed E-state index contributed by atoms with van der Waals surface area (Å²) >= 11 is 0.